The standard InChI is InChI=1S/C6H14N2/c1-3-4-5-6(7)8-2/h3-5H2,1-2H3,(H2,7,8)/p+1. The van der Waals surface area contributed by atoms with E-state index in [-0.39, 0.29) is 0 Å². The monoisotopic (exact) mass is 115 g/mol. The third kappa shape index (κ3) is 3.65. The van der Waals surface area contributed by atoms with Crippen LogP contribution in [0.2, 0.25) is 0 Å². The molecule has 0 amide bonds. The van der Waals surface area contributed by atoms with Gasteiger partial charge in [-0.25, -0.2) is 0 Å². The topological polar surface area (TPSA) is 40.0 Å². The highest BCUT2D eigenvalue weighted by Crippen LogP contribution is 1.89. The smallest absolute Gasteiger partial charge is 0.240 e. The van der Waals surface area contributed by atoms with Gasteiger partial charge in [0.2, 0.25) is 5.84 Å². The molecular weight excluding hydrogens is 100 g/mol. The van der Waals surface area contributed by atoms with Crippen LogP contribution in [0.15, 0.2) is 0 Å². The van der Waals surface area contributed by atoms with Gasteiger partial charge in [-0.15, -0.1) is 0 Å². The Bertz CT molecular complexity index is 76.6. The zero-order valence-corrected chi connectivity index (χ0v) is 5.70. The van der Waals surface area contributed by atoms with Gasteiger partial charge in [0, 0.05) is 6.42 Å². The second kappa shape index (κ2) is 4.62. The molecule has 0 fully saturated rings. The van der Waals surface area contributed by atoms with Gasteiger partial charge in [-0.1, -0.05) is 13.3 Å². The van der Waals surface area contributed by atoms with Crippen LogP contribution < -0.4 is 10.7 Å². The van der Waals surface area contributed by atoms with Crippen molar-refractivity contribution in [3.05, 3.63) is 0 Å². The van der Waals surface area contributed by atoms with Crippen LogP contribution in [-0.4, -0.2) is 12.9 Å². The van der Waals surface area contributed by atoms with E-state index >= 15 is 0 Å². The average Bonchev–Trinajstić information content (AvgIpc) is 1.83. The Morgan fingerprint density at radius 2 is 2.25 bits per heavy atom. The van der Waals surface area contributed by atoms with Crippen LogP contribution in [0.5, 0.6) is 0 Å². The van der Waals surface area contributed by atoms with Crippen molar-refractivity contribution >= 4 is 5.84 Å². The van der Waals surface area contributed by atoms with E-state index in [0.717, 1.165) is 12.3 Å². The molecule has 0 aliphatic heterocycles. The molecule has 3 N–H and O–H groups in total. The summed E-state index contributed by atoms with van der Waals surface area (Å²) in [6.07, 6.45) is 3.40. The van der Waals surface area contributed by atoms with E-state index in [4.69, 9.17) is 5.73 Å². The lowest BCUT2D eigenvalue weighted by Gasteiger charge is -1.88. The zero-order valence-electron chi connectivity index (χ0n) is 5.70. The third-order valence-electron chi connectivity index (χ3n) is 1.12. The van der Waals surface area contributed by atoms with Crippen LogP contribution in [0.4, 0.5) is 0 Å². The van der Waals surface area contributed by atoms with Crippen LogP contribution in [0.3, 0.4) is 0 Å². The normalized spacial score (nSPS) is 12.0. The molecule has 0 aromatic carbocycles. The summed E-state index contributed by atoms with van der Waals surface area (Å²) in [6.45, 7) is 2.16. The maximum atomic E-state index is 5.46. The minimum absolute atomic E-state index is 0.895. The maximum absolute atomic E-state index is 5.46. The van der Waals surface area contributed by atoms with Crippen molar-refractivity contribution in [2.45, 2.75) is 26.2 Å². The molecule has 0 radical (unpaired) electrons. The predicted octanol–water partition coefficient (Wildman–Crippen LogP) is -0.756. The van der Waals surface area contributed by atoms with Crippen LogP contribution in [-0.2, 0) is 0 Å². The third-order valence-corrected chi connectivity index (χ3v) is 1.12. The predicted molar refractivity (Wildman–Crippen MR) is 35.6 cm³/mol. The van der Waals surface area contributed by atoms with Gasteiger partial charge in [0.15, 0.2) is 0 Å². The van der Waals surface area contributed by atoms with Gasteiger partial charge in [-0.05, 0) is 6.42 Å². The van der Waals surface area contributed by atoms with E-state index in [0.29, 0.717) is 0 Å². The fourth-order valence-electron chi connectivity index (χ4n) is 0.492. The first-order chi connectivity index (χ1) is 3.81. The van der Waals surface area contributed by atoms with Gasteiger partial charge in [-0.2, -0.15) is 0 Å². The maximum Gasteiger partial charge on any atom is 0.240 e. The average molecular weight is 115 g/mol. The molecule has 0 aromatic heterocycles. The van der Waals surface area contributed by atoms with Gasteiger partial charge in [0.05, 0.1) is 7.05 Å². The molecule has 8 heavy (non-hydrogen) atoms. The number of rotatable bonds is 3. The quantitative estimate of drug-likeness (QED) is 0.368. The van der Waals surface area contributed by atoms with Crippen molar-refractivity contribution < 1.29 is 4.99 Å². The van der Waals surface area contributed by atoms with Crippen LogP contribution in [0.1, 0.15) is 26.2 Å². The number of amidine groups is 1. The highest BCUT2D eigenvalue weighted by Gasteiger charge is 1.92. The molecule has 0 aliphatic carbocycles. The van der Waals surface area contributed by atoms with Crippen molar-refractivity contribution in [3.63, 3.8) is 0 Å². The molecule has 0 saturated heterocycles. The Labute approximate surface area is 50.8 Å². The van der Waals surface area contributed by atoms with E-state index in [1.807, 2.05) is 7.05 Å². The Kier molecular flexibility index (Phi) is 4.32. The van der Waals surface area contributed by atoms with Gasteiger partial charge in [0.1, 0.15) is 0 Å². The lowest BCUT2D eigenvalue weighted by molar-refractivity contribution is -0.422. The van der Waals surface area contributed by atoms with E-state index in [2.05, 4.69) is 11.9 Å². The van der Waals surface area contributed by atoms with Crippen molar-refractivity contribution in [1.82, 2.24) is 0 Å². The summed E-state index contributed by atoms with van der Waals surface area (Å²) in [5.41, 5.74) is 5.46. The summed E-state index contributed by atoms with van der Waals surface area (Å²) >= 11 is 0. The second-order valence-electron chi connectivity index (χ2n) is 1.88. The lowest BCUT2D eigenvalue weighted by Crippen LogP contribution is -2.70. The number of unbranched alkanes of at least 4 members (excludes halogenated alkanes) is 1. The summed E-state index contributed by atoms with van der Waals surface area (Å²) < 4.78 is 0. The lowest BCUT2D eigenvalue weighted by atomic mass is 10.2. The molecular formula is C6H15N2+. The number of nitrogens with one attached hydrogen (secondary N) is 1. The molecule has 2 heteroatoms. The second-order valence-corrected chi connectivity index (χ2v) is 1.88. The highest BCUT2D eigenvalue weighted by atomic mass is 14.8. The zero-order chi connectivity index (χ0) is 6.41. The van der Waals surface area contributed by atoms with Gasteiger partial charge >= 0.3 is 0 Å². The molecule has 0 saturated carbocycles. The van der Waals surface area contributed by atoms with Crippen molar-refractivity contribution in [3.8, 4) is 0 Å². The molecule has 0 heterocycles. The first-order valence-corrected chi connectivity index (χ1v) is 3.10. The number of hydrogen-bond donors (Lipinski definition) is 2. The number of nitrogens with two attached hydrogens (primary N) is 1. The molecule has 0 atom stereocenters. The van der Waals surface area contributed by atoms with E-state index in [1.54, 1.807) is 0 Å². The summed E-state index contributed by atoms with van der Waals surface area (Å²) in [4.78, 5) is 2.89. The SMILES string of the molecule is CCCCC(N)=[NH+]C. The molecule has 2 nitrogen and oxygen atoms in total. The Hall–Kier alpha value is -0.530. The van der Waals surface area contributed by atoms with Gasteiger partial charge < -0.3 is 0 Å². The first kappa shape index (κ1) is 7.47. The minimum Gasteiger partial charge on any atom is -0.291 e. The van der Waals surface area contributed by atoms with Crippen molar-refractivity contribution in [2.75, 3.05) is 7.05 Å². The molecule has 0 aromatic rings. The summed E-state index contributed by atoms with van der Waals surface area (Å²) in [5.74, 6) is 0.895. The fraction of sp³-hybridized carbons (Fsp3) is 0.833. The van der Waals surface area contributed by atoms with Crippen molar-refractivity contribution in [1.29, 1.82) is 0 Å². The van der Waals surface area contributed by atoms with Gasteiger partial charge in [0.25, 0.3) is 0 Å². The fourth-order valence-corrected chi connectivity index (χ4v) is 0.492. The van der Waals surface area contributed by atoms with Crippen LogP contribution >= 0.6 is 0 Å². The minimum atomic E-state index is 0.895. The molecule has 48 valence electrons. The van der Waals surface area contributed by atoms with E-state index < -0.39 is 0 Å². The largest absolute Gasteiger partial charge is 0.291 e. The molecule has 0 rings (SSSR count). The summed E-state index contributed by atoms with van der Waals surface area (Å²) in [5, 5.41) is 0. The molecule has 0 unspecified atom stereocenters. The first-order valence-electron chi connectivity index (χ1n) is 3.10. The molecule has 0 spiro atoms. The summed E-state index contributed by atoms with van der Waals surface area (Å²) in [7, 11) is 1.85. The number of hydrogen-bond acceptors (Lipinski definition) is 0. The van der Waals surface area contributed by atoms with E-state index in [1.165, 1.54) is 12.8 Å². The highest BCUT2D eigenvalue weighted by molar-refractivity contribution is 5.74. The Morgan fingerprint density at radius 1 is 1.62 bits per heavy atom. The van der Waals surface area contributed by atoms with E-state index in [9.17, 15) is 0 Å². The van der Waals surface area contributed by atoms with Crippen molar-refractivity contribution in [2.24, 2.45) is 5.73 Å². The molecule has 0 bridgehead atoms. The summed E-state index contributed by atoms with van der Waals surface area (Å²) in [6, 6.07) is 0. The Morgan fingerprint density at radius 3 is 2.62 bits per heavy atom. The molecule has 0 aliphatic rings. The Balaban J connectivity index is 3.12. The van der Waals surface area contributed by atoms with Gasteiger partial charge in [-0.3, -0.25) is 10.7 Å². The van der Waals surface area contributed by atoms with Crippen LogP contribution in [0.25, 0.3) is 0 Å². The van der Waals surface area contributed by atoms with Crippen LogP contribution in [0, 0.1) is 0 Å².